The Bertz CT molecular complexity index is 420. The summed E-state index contributed by atoms with van der Waals surface area (Å²) in [7, 11) is 8.29. The molecule has 0 aliphatic carbocycles. The van der Waals surface area contributed by atoms with E-state index in [4.69, 9.17) is 0 Å². The number of benzene rings is 1. The van der Waals surface area contributed by atoms with Crippen molar-refractivity contribution in [1.82, 2.24) is 10.2 Å². The molecule has 1 unspecified atom stereocenters. The van der Waals surface area contributed by atoms with Crippen LogP contribution in [0.15, 0.2) is 29.3 Å². The molecule has 0 bridgehead atoms. The maximum absolute atomic E-state index is 4.54. The third-order valence-electron chi connectivity index (χ3n) is 3.20. The third kappa shape index (κ3) is 2.64. The largest absolute Gasteiger partial charge is 0.378 e. The van der Waals surface area contributed by atoms with Crippen molar-refractivity contribution in [2.24, 2.45) is 4.99 Å². The predicted molar refractivity (Wildman–Crippen MR) is 77.5 cm³/mol. The van der Waals surface area contributed by atoms with Crippen molar-refractivity contribution in [2.45, 2.75) is 6.04 Å². The number of likely N-dealkylation sites (N-methyl/N-ethyl adjacent to an activating group) is 1. The molecule has 1 aliphatic rings. The van der Waals surface area contributed by atoms with E-state index in [0.29, 0.717) is 0 Å². The number of anilines is 1. The van der Waals surface area contributed by atoms with Crippen molar-refractivity contribution in [1.29, 1.82) is 0 Å². The van der Waals surface area contributed by atoms with E-state index in [1.165, 1.54) is 11.3 Å². The van der Waals surface area contributed by atoms with Gasteiger partial charge in [-0.3, -0.25) is 9.89 Å². The number of rotatable bonds is 4. The number of aliphatic imine (C=N–C) groups is 1. The van der Waals surface area contributed by atoms with Gasteiger partial charge in [-0.05, 0) is 31.8 Å². The lowest BCUT2D eigenvalue weighted by atomic mass is 10.0. The molecule has 98 valence electrons. The van der Waals surface area contributed by atoms with Crippen LogP contribution in [0.25, 0.3) is 0 Å². The fourth-order valence-corrected chi connectivity index (χ4v) is 2.25. The first-order valence-corrected chi connectivity index (χ1v) is 6.31. The van der Waals surface area contributed by atoms with Crippen LogP contribution in [0.5, 0.6) is 0 Å². The molecular formula is C14H22N4. The molecule has 1 N–H and O–H groups in total. The van der Waals surface area contributed by atoms with Crippen LogP contribution in [0.4, 0.5) is 5.69 Å². The first-order chi connectivity index (χ1) is 8.59. The van der Waals surface area contributed by atoms with Crippen LogP contribution >= 0.6 is 0 Å². The second kappa shape index (κ2) is 5.40. The summed E-state index contributed by atoms with van der Waals surface area (Å²) in [5.74, 6) is 1.08. The van der Waals surface area contributed by atoms with Gasteiger partial charge in [0.2, 0.25) is 0 Å². The van der Waals surface area contributed by atoms with Gasteiger partial charge in [0.15, 0.2) is 0 Å². The van der Waals surface area contributed by atoms with Gasteiger partial charge in [0.05, 0.1) is 12.6 Å². The molecule has 0 aromatic heterocycles. The molecule has 4 nitrogen and oxygen atoms in total. The van der Waals surface area contributed by atoms with Crippen LogP contribution in [0, 0.1) is 0 Å². The van der Waals surface area contributed by atoms with Crippen molar-refractivity contribution < 1.29 is 0 Å². The monoisotopic (exact) mass is 246 g/mol. The first kappa shape index (κ1) is 12.9. The van der Waals surface area contributed by atoms with Gasteiger partial charge in [0.1, 0.15) is 5.84 Å². The Morgan fingerprint density at radius 1 is 1.11 bits per heavy atom. The summed E-state index contributed by atoms with van der Waals surface area (Å²) in [6.07, 6.45) is 0. The van der Waals surface area contributed by atoms with Gasteiger partial charge < -0.3 is 10.2 Å². The summed E-state index contributed by atoms with van der Waals surface area (Å²) in [4.78, 5) is 8.85. The predicted octanol–water partition coefficient (Wildman–Crippen LogP) is 1.36. The summed E-state index contributed by atoms with van der Waals surface area (Å²) in [5.41, 5.74) is 2.50. The standard InChI is InChI=1S/C14H22N4/c1-17(2)12-7-5-11(6-8-12)13(18(3)4)14-15-9-10-16-14/h5-8,13H,9-10H2,1-4H3,(H,15,16). The minimum absolute atomic E-state index is 0.226. The van der Waals surface area contributed by atoms with Crippen LogP contribution in [-0.2, 0) is 0 Å². The van der Waals surface area contributed by atoms with Gasteiger partial charge in [0.25, 0.3) is 0 Å². The summed E-state index contributed by atoms with van der Waals surface area (Å²) < 4.78 is 0. The number of nitrogens with one attached hydrogen (secondary N) is 1. The highest BCUT2D eigenvalue weighted by atomic mass is 15.2. The lowest BCUT2D eigenvalue weighted by Crippen LogP contribution is -2.34. The molecule has 4 heteroatoms. The lowest BCUT2D eigenvalue weighted by molar-refractivity contribution is 0.365. The van der Waals surface area contributed by atoms with Crippen LogP contribution < -0.4 is 10.2 Å². The van der Waals surface area contributed by atoms with Crippen LogP contribution in [0.2, 0.25) is 0 Å². The zero-order valence-electron chi connectivity index (χ0n) is 11.6. The Hall–Kier alpha value is -1.55. The van der Waals surface area contributed by atoms with Crippen molar-refractivity contribution >= 4 is 11.5 Å². The minimum atomic E-state index is 0.226. The molecule has 1 aromatic rings. The van der Waals surface area contributed by atoms with Gasteiger partial charge in [-0.25, -0.2) is 0 Å². The molecule has 0 fully saturated rings. The van der Waals surface area contributed by atoms with E-state index in [-0.39, 0.29) is 6.04 Å². The van der Waals surface area contributed by atoms with E-state index in [2.05, 4.69) is 72.6 Å². The summed E-state index contributed by atoms with van der Waals surface area (Å²) in [6, 6.07) is 8.90. The van der Waals surface area contributed by atoms with Crippen molar-refractivity contribution in [3.8, 4) is 0 Å². The van der Waals surface area contributed by atoms with Crippen LogP contribution in [-0.4, -0.2) is 52.0 Å². The third-order valence-corrected chi connectivity index (χ3v) is 3.20. The molecule has 1 aromatic carbocycles. The van der Waals surface area contributed by atoms with E-state index < -0.39 is 0 Å². The maximum Gasteiger partial charge on any atom is 0.119 e. The first-order valence-electron chi connectivity index (χ1n) is 6.31. The Morgan fingerprint density at radius 2 is 1.78 bits per heavy atom. The highest BCUT2D eigenvalue weighted by Crippen LogP contribution is 2.23. The minimum Gasteiger partial charge on any atom is -0.378 e. The molecular weight excluding hydrogens is 224 g/mol. The SMILES string of the molecule is CN(C)c1ccc(C(C2=NCCN2)N(C)C)cc1. The number of amidine groups is 1. The highest BCUT2D eigenvalue weighted by molar-refractivity contribution is 5.89. The Labute approximate surface area is 109 Å². The van der Waals surface area contributed by atoms with Gasteiger partial charge in [-0.1, -0.05) is 12.1 Å². The number of hydrogen-bond donors (Lipinski definition) is 1. The second-order valence-electron chi connectivity index (χ2n) is 5.05. The molecule has 1 heterocycles. The molecule has 1 atom stereocenters. The molecule has 0 radical (unpaired) electrons. The molecule has 0 saturated heterocycles. The quantitative estimate of drug-likeness (QED) is 0.870. The molecule has 1 aliphatic heterocycles. The Kier molecular flexibility index (Phi) is 3.87. The fraction of sp³-hybridized carbons (Fsp3) is 0.500. The molecule has 2 rings (SSSR count). The topological polar surface area (TPSA) is 30.9 Å². The number of hydrogen-bond acceptors (Lipinski definition) is 4. The molecule has 18 heavy (non-hydrogen) atoms. The summed E-state index contributed by atoms with van der Waals surface area (Å²) >= 11 is 0. The fourth-order valence-electron chi connectivity index (χ4n) is 2.25. The normalized spacial score (nSPS) is 16.4. The van der Waals surface area contributed by atoms with E-state index >= 15 is 0 Å². The van der Waals surface area contributed by atoms with Crippen molar-refractivity contribution in [2.75, 3.05) is 46.2 Å². The van der Waals surface area contributed by atoms with Crippen LogP contribution in [0.3, 0.4) is 0 Å². The summed E-state index contributed by atoms with van der Waals surface area (Å²) in [5, 5.41) is 3.37. The highest BCUT2D eigenvalue weighted by Gasteiger charge is 2.22. The molecule has 0 amide bonds. The Balaban J connectivity index is 2.25. The molecule has 0 spiro atoms. The summed E-state index contributed by atoms with van der Waals surface area (Å²) in [6.45, 7) is 1.84. The van der Waals surface area contributed by atoms with Gasteiger partial charge >= 0.3 is 0 Å². The van der Waals surface area contributed by atoms with E-state index in [1.807, 2.05) is 0 Å². The van der Waals surface area contributed by atoms with E-state index in [9.17, 15) is 0 Å². The average Bonchev–Trinajstić information content (AvgIpc) is 2.83. The lowest BCUT2D eigenvalue weighted by Gasteiger charge is -2.25. The smallest absolute Gasteiger partial charge is 0.119 e. The van der Waals surface area contributed by atoms with Gasteiger partial charge in [-0.2, -0.15) is 0 Å². The van der Waals surface area contributed by atoms with Gasteiger partial charge in [-0.15, -0.1) is 0 Å². The number of nitrogens with zero attached hydrogens (tertiary/aromatic N) is 3. The van der Waals surface area contributed by atoms with E-state index in [0.717, 1.165) is 18.9 Å². The van der Waals surface area contributed by atoms with Crippen LogP contribution in [0.1, 0.15) is 11.6 Å². The zero-order valence-corrected chi connectivity index (χ0v) is 11.6. The average molecular weight is 246 g/mol. The molecule has 0 saturated carbocycles. The van der Waals surface area contributed by atoms with Crippen molar-refractivity contribution in [3.05, 3.63) is 29.8 Å². The zero-order chi connectivity index (χ0) is 13.1. The van der Waals surface area contributed by atoms with E-state index in [1.54, 1.807) is 0 Å². The van der Waals surface area contributed by atoms with Gasteiger partial charge in [0, 0.05) is 26.3 Å². The maximum atomic E-state index is 4.54. The second-order valence-corrected chi connectivity index (χ2v) is 5.05. The Morgan fingerprint density at radius 3 is 2.22 bits per heavy atom. The van der Waals surface area contributed by atoms with Crippen molar-refractivity contribution in [3.63, 3.8) is 0 Å².